The van der Waals surface area contributed by atoms with Crippen molar-refractivity contribution in [1.82, 2.24) is 5.32 Å². The Morgan fingerprint density at radius 2 is 2.20 bits per heavy atom. The van der Waals surface area contributed by atoms with E-state index in [0.717, 1.165) is 6.42 Å². The number of alkyl halides is 3. The maximum Gasteiger partial charge on any atom is 0.412 e. The van der Waals surface area contributed by atoms with Crippen LogP contribution in [-0.2, 0) is 9.53 Å². The van der Waals surface area contributed by atoms with Crippen LogP contribution in [-0.4, -0.2) is 37.4 Å². The zero-order valence-corrected chi connectivity index (χ0v) is 8.01. The summed E-state index contributed by atoms with van der Waals surface area (Å²) in [5.41, 5.74) is 4.73. The minimum absolute atomic E-state index is 0.246. The summed E-state index contributed by atoms with van der Waals surface area (Å²) >= 11 is 0. The average Bonchev–Trinajstić information content (AvgIpc) is 2.16. The van der Waals surface area contributed by atoms with Gasteiger partial charge in [0.15, 0.2) is 6.04 Å². The summed E-state index contributed by atoms with van der Waals surface area (Å²) in [5.74, 6) is -1.20. The second-order valence-electron chi connectivity index (χ2n) is 3.44. The summed E-state index contributed by atoms with van der Waals surface area (Å²) < 4.78 is 41.1. The van der Waals surface area contributed by atoms with E-state index in [9.17, 15) is 18.0 Å². The normalized spacial score (nSPS) is 24.7. The molecule has 0 aliphatic carbocycles. The van der Waals surface area contributed by atoms with E-state index in [1.807, 2.05) is 0 Å². The molecule has 2 atom stereocenters. The summed E-state index contributed by atoms with van der Waals surface area (Å²) in [7, 11) is 0. The number of amides is 1. The van der Waals surface area contributed by atoms with Crippen molar-refractivity contribution >= 4 is 5.91 Å². The van der Waals surface area contributed by atoms with Crippen LogP contribution in [0.1, 0.15) is 12.8 Å². The van der Waals surface area contributed by atoms with Crippen molar-refractivity contribution in [1.29, 1.82) is 0 Å². The molecule has 3 N–H and O–H groups in total. The molecule has 1 heterocycles. The Kier molecular flexibility index (Phi) is 3.92. The number of hydrogen-bond acceptors (Lipinski definition) is 3. The highest BCUT2D eigenvalue weighted by Crippen LogP contribution is 2.18. The van der Waals surface area contributed by atoms with Gasteiger partial charge in [0.1, 0.15) is 0 Å². The number of rotatable bonds is 2. The maximum atomic E-state index is 12.0. The largest absolute Gasteiger partial charge is 0.412 e. The van der Waals surface area contributed by atoms with Crippen molar-refractivity contribution in [3.8, 4) is 0 Å². The van der Waals surface area contributed by atoms with Crippen LogP contribution in [0, 0.1) is 0 Å². The van der Waals surface area contributed by atoms with Crippen molar-refractivity contribution in [3.63, 3.8) is 0 Å². The molecule has 1 amide bonds. The molecule has 0 aromatic carbocycles. The van der Waals surface area contributed by atoms with Crippen LogP contribution in [0.4, 0.5) is 13.2 Å². The Balaban J connectivity index is 2.40. The molecule has 0 saturated carbocycles. The average molecular weight is 226 g/mol. The van der Waals surface area contributed by atoms with E-state index >= 15 is 0 Å². The van der Waals surface area contributed by atoms with E-state index in [4.69, 9.17) is 10.5 Å². The smallest absolute Gasteiger partial charge is 0.379 e. The van der Waals surface area contributed by atoms with Crippen molar-refractivity contribution in [2.24, 2.45) is 5.73 Å². The first-order chi connectivity index (χ1) is 6.91. The molecular formula is C8H13F3N2O2. The first kappa shape index (κ1) is 12.3. The van der Waals surface area contributed by atoms with Crippen molar-refractivity contribution in [3.05, 3.63) is 0 Å². The molecule has 1 aliphatic rings. The molecule has 7 heteroatoms. The highest BCUT2D eigenvalue weighted by molar-refractivity contribution is 5.82. The van der Waals surface area contributed by atoms with Crippen LogP contribution in [0.2, 0.25) is 0 Å². The number of carbonyl (C=O) groups is 1. The number of halogens is 3. The van der Waals surface area contributed by atoms with E-state index in [1.54, 1.807) is 0 Å². The molecule has 15 heavy (non-hydrogen) atoms. The van der Waals surface area contributed by atoms with Gasteiger partial charge in [-0.2, -0.15) is 13.2 Å². The van der Waals surface area contributed by atoms with Gasteiger partial charge < -0.3 is 15.8 Å². The minimum atomic E-state index is -4.69. The lowest BCUT2D eigenvalue weighted by atomic mass is 10.1. The van der Waals surface area contributed by atoms with Gasteiger partial charge in [0.2, 0.25) is 5.91 Å². The Bertz CT molecular complexity index is 226. The van der Waals surface area contributed by atoms with Gasteiger partial charge in [-0.25, -0.2) is 0 Å². The third-order valence-electron chi connectivity index (χ3n) is 2.14. The van der Waals surface area contributed by atoms with Gasteiger partial charge in [0.05, 0.1) is 12.6 Å². The van der Waals surface area contributed by atoms with Crippen LogP contribution >= 0.6 is 0 Å². The molecule has 1 rings (SSSR count). The number of nitrogens with two attached hydrogens (primary N) is 1. The van der Waals surface area contributed by atoms with E-state index in [1.165, 1.54) is 0 Å². The van der Waals surface area contributed by atoms with Gasteiger partial charge >= 0.3 is 6.18 Å². The molecule has 88 valence electrons. The van der Waals surface area contributed by atoms with Crippen molar-refractivity contribution in [2.75, 3.05) is 13.2 Å². The fraction of sp³-hybridized carbons (Fsp3) is 0.875. The Morgan fingerprint density at radius 3 is 2.67 bits per heavy atom. The summed E-state index contributed by atoms with van der Waals surface area (Å²) in [6.45, 7) is 0.827. The summed E-state index contributed by atoms with van der Waals surface area (Å²) in [6, 6.07) is -2.82. The predicted octanol–water partition coefficient (Wildman–Crippen LogP) is 0.171. The first-order valence-electron chi connectivity index (χ1n) is 4.61. The third-order valence-corrected chi connectivity index (χ3v) is 2.14. The number of carbonyl (C=O) groups excluding carboxylic acids is 1. The number of ether oxygens (including phenoxy) is 1. The number of nitrogens with one attached hydrogen (secondary N) is 1. The lowest BCUT2D eigenvalue weighted by Gasteiger charge is -2.25. The molecule has 0 bridgehead atoms. The van der Waals surface area contributed by atoms with E-state index < -0.39 is 18.1 Å². The molecule has 1 aliphatic heterocycles. The zero-order valence-electron chi connectivity index (χ0n) is 8.01. The van der Waals surface area contributed by atoms with Crippen LogP contribution in [0.15, 0.2) is 0 Å². The maximum absolute atomic E-state index is 12.0. The Morgan fingerprint density at radius 1 is 1.53 bits per heavy atom. The van der Waals surface area contributed by atoms with Gasteiger partial charge in [-0.05, 0) is 12.8 Å². The molecule has 1 saturated heterocycles. The summed E-state index contributed by atoms with van der Waals surface area (Å²) in [6.07, 6.45) is -3.35. The highest BCUT2D eigenvalue weighted by atomic mass is 19.4. The molecule has 0 aromatic rings. The molecule has 0 radical (unpaired) electrons. The zero-order chi connectivity index (χ0) is 11.5. The van der Waals surface area contributed by atoms with Gasteiger partial charge in [0, 0.05) is 6.61 Å². The second kappa shape index (κ2) is 4.80. The lowest BCUT2D eigenvalue weighted by Crippen LogP contribution is -2.54. The van der Waals surface area contributed by atoms with Crippen LogP contribution in [0.25, 0.3) is 0 Å². The third kappa shape index (κ3) is 3.67. The summed E-state index contributed by atoms with van der Waals surface area (Å²) in [5, 5.41) is 2.22. The van der Waals surface area contributed by atoms with Gasteiger partial charge in [-0.1, -0.05) is 0 Å². The monoisotopic (exact) mass is 226 g/mol. The molecule has 2 unspecified atom stereocenters. The second-order valence-corrected chi connectivity index (χ2v) is 3.44. The van der Waals surface area contributed by atoms with Crippen LogP contribution < -0.4 is 11.1 Å². The minimum Gasteiger partial charge on any atom is -0.379 e. The molecular weight excluding hydrogens is 213 g/mol. The van der Waals surface area contributed by atoms with Crippen molar-refractivity contribution < 1.29 is 22.7 Å². The van der Waals surface area contributed by atoms with E-state index in [-0.39, 0.29) is 12.6 Å². The highest BCUT2D eigenvalue weighted by Gasteiger charge is 2.42. The molecule has 0 spiro atoms. The van der Waals surface area contributed by atoms with Gasteiger partial charge in [0.25, 0.3) is 0 Å². The lowest BCUT2D eigenvalue weighted by molar-refractivity contribution is -0.163. The predicted molar refractivity (Wildman–Crippen MR) is 46.0 cm³/mol. The number of hydrogen-bond donors (Lipinski definition) is 2. The van der Waals surface area contributed by atoms with Gasteiger partial charge in [-0.15, -0.1) is 0 Å². The Labute approximate surface area is 84.9 Å². The molecule has 0 aromatic heterocycles. The van der Waals surface area contributed by atoms with Crippen LogP contribution in [0.3, 0.4) is 0 Å². The fourth-order valence-electron chi connectivity index (χ4n) is 1.29. The quantitative estimate of drug-likeness (QED) is 0.705. The first-order valence-corrected chi connectivity index (χ1v) is 4.61. The van der Waals surface area contributed by atoms with Crippen molar-refractivity contribution in [2.45, 2.75) is 31.1 Å². The standard InChI is InChI=1S/C8H13F3N2O2/c9-8(10,11)6(12)7(14)13-5-2-1-3-15-4-5/h5-6H,1-4,12H2,(H,13,14). The topological polar surface area (TPSA) is 64.4 Å². The summed E-state index contributed by atoms with van der Waals surface area (Å²) in [4.78, 5) is 11.0. The van der Waals surface area contributed by atoms with Gasteiger partial charge in [-0.3, -0.25) is 4.79 Å². The fourth-order valence-corrected chi connectivity index (χ4v) is 1.29. The molecule has 1 fully saturated rings. The van der Waals surface area contributed by atoms with E-state index in [0.29, 0.717) is 13.0 Å². The molecule has 4 nitrogen and oxygen atoms in total. The van der Waals surface area contributed by atoms with Crippen LogP contribution in [0.5, 0.6) is 0 Å². The van der Waals surface area contributed by atoms with E-state index in [2.05, 4.69) is 5.32 Å². The SMILES string of the molecule is NC(C(=O)NC1CCCOC1)C(F)(F)F. The Hall–Kier alpha value is -0.820.